The Bertz CT molecular complexity index is 1160. The van der Waals surface area contributed by atoms with Crippen molar-refractivity contribution in [2.75, 3.05) is 26.2 Å². The van der Waals surface area contributed by atoms with Crippen LogP contribution in [-0.4, -0.2) is 112 Å². The van der Waals surface area contributed by atoms with Crippen molar-refractivity contribution in [3.8, 4) is 0 Å². The zero-order valence-electron chi connectivity index (χ0n) is 29.0. The Morgan fingerprint density at radius 2 is 1.94 bits per heavy atom. The molecule has 266 valence electrons. The average molecular weight is 665 g/mol. The summed E-state index contributed by atoms with van der Waals surface area (Å²) in [6.07, 6.45) is 5.54. The Balaban J connectivity index is 1.82. The largest absolute Gasteiger partial charge is 0.457 e. The second kappa shape index (κ2) is 17.1. The third-order valence-corrected chi connectivity index (χ3v) is 9.33. The normalized spacial score (nSPS) is 34.2. The number of allylic oxidation sites excluding steroid dienone is 2. The molecule has 2 fully saturated rings. The van der Waals surface area contributed by atoms with Crippen LogP contribution in [0, 0.1) is 11.8 Å². The molecule has 1 amide bonds. The number of amides is 1. The third-order valence-electron chi connectivity index (χ3n) is 9.33. The molecule has 12 heteroatoms. The van der Waals surface area contributed by atoms with Gasteiger partial charge in [-0.1, -0.05) is 45.1 Å². The highest BCUT2D eigenvalue weighted by Crippen LogP contribution is 2.37. The summed E-state index contributed by atoms with van der Waals surface area (Å²) in [7, 11) is 0. The van der Waals surface area contributed by atoms with Gasteiger partial charge in [-0.25, -0.2) is 4.79 Å². The first-order valence-corrected chi connectivity index (χ1v) is 16.9. The van der Waals surface area contributed by atoms with E-state index < -0.39 is 59.6 Å². The zero-order chi connectivity index (χ0) is 34.9. The minimum atomic E-state index is -1.30. The first-order chi connectivity index (χ1) is 22.0. The number of aliphatic hydroxyl groups is 3. The Labute approximate surface area is 279 Å². The summed E-state index contributed by atoms with van der Waals surface area (Å²) in [6.45, 7) is 14.4. The SMILES string of the molecule is CC[C@H](O)[C@@H](C)[C@@H]1O[C@H]1C[C@@](C)(O)/C=C/C=C(\C)[C@H]1OC(=O)C[C@H](O)CC[C@@](C)(OC(C)=O)C(OC(=O)N2CCNCC2)/C=C/[C@@H]1C. The van der Waals surface area contributed by atoms with Crippen molar-refractivity contribution in [2.24, 2.45) is 11.8 Å². The molecule has 10 atom stereocenters. The van der Waals surface area contributed by atoms with Crippen LogP contribution in [0.4, 0.5) is 4.79 Å². The maximum absolute atomic E-state index is 13.2. The van der Waals surface area contributed by atoms with Gasteiger partial charge in [0.1, 0.15) is 11.7 Å². The fourth-order valence-corrected chi connectivity index (χ4v) is 6.26. The van der Waals surface area contributed by atoms with E-state index in [9.17, 15) is 29.7 Å². The molecule has 0 spiro atoms. The summed E-state index contributed by atoms with van der Waals surface area (Å²) in [5.74, 6) is -1.57. The predicted molar refractivity (Wildman–Crippen MR) is 175 cm³/mol. The number of carbonyl (C=O) groups is 3. The van der Waals surface area contributed by atoms with Gasteiger partial charge in [-0.05, 0) is 51.7 Å². The molecule has 3 aliphatic heterocycles. The number of cyclic esters (lactones) is 1. The van der Waals surface area contributed by atoms with E-state index in [1.54, 1.807) is 49.1 Å². The summed E-state index contributed by atoms with van der Waals surface area (Å²) in [5.41, 5.74) is -1.79. The maximum atomic E-state index is 13.2. The number of epoxide rings is 1. The summed E-state index contributed by atoms with van der Waals surface area (Å²) >= 11 is 0. The Kier molecular flexibility index (Phi) is 14.0. The first-order valence-electron chi connectivity index (χ1n) is 16.9. The smallest absolute Gasteiger partial charge is 0.410 e. The highest BCUT2D eigenvalue weighted by Gasteiger charge is 2.47. The molecule has 0 bridgehead atoms. The van der Waals surface area contributed by atoms with Gasteiger partial charge in [-0.3, -0.25) is 9.59 Å². The van der Waals surface area contributed by atoms with E-state index in [4.69, 9.17) is 18.9 Å². The van der Waals surface area contributed by atoms with Gasteiger partial charge in [0, 0.05) is 51.4 Å². The maximum Gasteiger partial charge on any atom is 0.410 e. The highest BCUT2D eigenvalue weighted by atomic mass is 16.6. The van der Waals surface area contributed by atoms with Crippen molar-refractivity contribution >= 4 is 18.0 Å². The number of carbonyl (C=O) groups excluding carboxylic acids is 3. The minimum Gasteiger partial charge on any atom is -0.457 e. The number of aliphatic hydroxyl groups excluding tert-OH is 2. The van der Waals surface area contributed by atoms with E-state index >= 15 is 0 Å². The van der Waals surface area contributed by atoms with Crippen LogP contribution in [-0.2, 0) is 28.5 Å². The molecular weight excluding hydrogens is 608 g/mol. The van der Waals surface area contributed by atoms with Crippen LogP contribution < -0.4 is 5.32 Å². The van der Waals surface area contributed by atoms with Gasteiger partial charge < -0.3 is 44.5 Å². The fourth-order valence-electron chi connectivity index (χ4n) is 6.26. The van der Waals surface area contributed by atoms with Crippen LogP contribution in [0.1, 0.15) is 80.6 Å². The van der Waals surface area contributed by atoms with E-state index in [2.05, 4.69) is 5.32 Å². The van der Waals surface area contributed by atoms with E-state index in [0.29, 0.717) is 44.6 Å². The van der Waals surface area contributed by atoms with Gasteiger partial charge in [0.05, 0.1) is 36.4 Å². The first kappa shape index (κ1) is 38.7. The number of nitrogens with zero attached hydrogens (tertiary/aromatic N) is 1. The number of hydrogen-bond acceptors (Lipinski definition) is 11. The summed E-state index contributed by atoms with van der Waals surface area (Å²) < 4.78 is 23.3. The number of rotatable bonds is 10. The van der Waals surface area contributed by atoms with Gasteiger partial charge in [-0.2, -0.15) is 0 Å². The van der Waals surface area contributed by atoms with Crippen LogP contribution in [0.3, 0.4) is 0 Å². The fraction of sp³-hybridized carbons (Fsp3) is 0.743. The third kappa shape index (κ3) is 11.7. The van der Waals surface area contributed by atoms with Crippen LogP contribution in [0.15, 0.2) is 36.0 Å². The molecule has 0 aromatic carbocycles. The van der Waals surface area contributed by atoms with Crippen molar-refractivity contribution in [3.63, 3.8) is 0 Å². The lowest BCUT2D eigenvalue weighted by Gasteiger charge is -2.37. The van der Waals surface area contributed by atoms with E-state index in [-0.39, 0.29) is 37.4 Å². The molecule has 1 unspecified atom stereocenters. The lowest BCUT2D eigenvalue weighted by atomic mass is 9.88. The molecule has 3 heterocycles. The number of hydrogen-bond donors (Lipinski definition) is 4. The summed E-state index contributed by atoms with van der Waals surface area (Å²) in [6, 6.07) is 0. The second-order valence-corrected chi connectivity index (χ2v) is 13.8. The Morgan fingerprint density at radius 3 is 2.57 bits per heavy atom. The molecule has 0 saturated carbocycles. The molecule has 3 aliphatic rings. The molecule has 4 N–H and O–H groups in total. The molecular formula is C35H56N2O10. The number of piperazine rings is 1. The molecule has 0 aliphatic carbocycles. The highest BCUT2D eigenvalue weighted by molar-refractivity contribution is 5.71. The van der Waals surface area contributed by atoms with Crippen LogP contribution in [0.5, 0.6) is 0 Å². The van der Waals surface area contributed by atoms with Crippen molar-refractivity contribution < 1.29 is 48.7 Å². The Hall–Kier alpha value is -2.77. The topological polar surface area (TPSA) is 167 Å². The van der Waals surface area contributed by atoms with Crippen molar-refractivity contribution in [1.29, 1.82) is 0 Å². The van der Waals surface area contributed by atoms with Gasteiger partial charge in [-0.15, -0.1) is 0 Å². The predicted octanol–water partition coefficient (Wildman–Crippen LogP) is 3.19. The van der Waals surface area contributed by atoms with E-state index in [1.165, 1.54) is 6.92 Å². The molecule has 0 aromatic heterocycles. The van der Waals surface area contributed by atoms with Crippen molar-refractivity contribution in [1.82, 2.24) is 10.2 Å². The van der Waals surface area contributed by atoms with Crippen molar-refractivity contribution in [2.45, 2.75) is 128 Å². The van der Waals surface area contributed by atoms with E-state index in [1.807, 2.05) is 27.7 Å². The molecule has 0 aromatic rings. The number of esters is 2. The monoisotopic (exact) mass is 664 g/mol. The Morgan fingerprint density at radius 1 is 1.26 bits per heavy atom. The molecule has 3 rings (SSSR count). The van der Waals surface area contributed by atoms with E-state index in [0.717, 1.165) is 0 Å². The van der Waals surface area contributed by atoms with Gasteiger partial charge in [0.2, 0.25) is 0 Å². The van der Waals surface area contributed by atoms with Crippen LogP contribution in [0.25, 0.3) is 0 Å². The lowest BCUT2D eigenvalue weighted by molar-refractivity contribution is -0.168. The summed E-state index contributed by atoms with van der Waals surface area (Å²) in [4.78, 5) is 39.9. The van der Waals surface area contributed by atoms with Gasteiger partial charge in [0.25, 0.3) is 0 Å². The standard InChI is InChI=1S/C35H56N2O10/c1-8-27(40)24(4)32-28(44-32)21-34(6,43)14-9-10-22(2)31-23(3)11-12-29(45-33(42)37-18-16-36-17-19-37)35(7,47-25(5)38)15-13-26(39)20-30(41)46-31/h9-12,14,23-24,26-29,31-32,36,39-40,43H,8,13,15-21H2,1-7H3/b12-11+,14-9+,22-10+/t23-,24+,26+,27-,28-,29?,31+,32-,34-,35+/m0/s1. The molecule has 47 heavy (non-hydrogen) atoms. The summed E-state index contributed by atoms with van der Waals surface area (Å²) in [5, 5.41) is 35.1. The second-order valence-electron chi connectivity index (χ2n) is 13.8. The van der Waals surface area contributed by atoms with Crippen LogP contribution >= 0.6 is 0 Å². The van der Waals surface area contributed by atoms with Gasteiger partial charge >= 0.3 is 18.0 Å². The van der Waals surface area contributed by atoms with Crippen LogP contribution in [0.2, 0.25) is 0 Å². The molecule has 2 saturated heterocycles. The number of ether oxygens (including phenoxy) is 4. The quantitative estimate of drug-likeness (QED) is 0.0891. The van der Waals surface area contributed by atoms with Crippen molar-refractivity contribution in [3.05, 3.63) is 36.0 Å². The number of nitrogens with one attached hydrogen (secondary N) is 1. The van der Waals surface area contributed by atoms with Gasteiger partial charge in [0.15, 0.2) is 6.10 Å². The lowest BCUT2D eigenvalue weighted by Crippen LogP contribution is -2.51. The minimum absolute atomic E-state index is 0.0205. The average Bonchev–Trinajstić information content (AvgIpc) is 3.77. The molecule has 0 radical (unpaired) electrons. The zero-order valence-corrected chi connectivity index (χ0v) is 29.0. The molecule has 12 nitrogen and oxygen atoms in total.